The van der Waals surface area contributed by atoms with Crippen LogP contribution in [0.4, 0.5) is 13.2 Å². The Morgan fingerprint density at radius 2 is 1.90 bits per heavy atom. The van der Waals surface area contributed by atoms with Crippen LogP contribution in [0.25, 0.3) is 0 Å². The number of rotatable bonds is 2. The number of likely N-dealkylation sites (tertiary alicyclic amines) is 1. The Kier molecular flexibility index (Phi) is 6.04. The van der Waals surface area contributed by atoms with E-state index in [1.165, 1.54) is 12.1 Å². The standard InChI is InChI=1S/C14H17F3N2O.ClH/c1-18-12-3-2-8-19(9-12)13(20)10-4-6-11(7-5-10)14(15,16)17;/h4-7,12,18H,2-3,8-9H2,1H3;1H/t12-;/m1./s1. The Balaban J connectivity index is 0.00000220. The monoisotopic (exact) mass is 322 g/mol. The molecular formula is C14H18ClF3N2O. The van der Waals surface area contributed by atoms with Crippen LogP contribution < -0.4 is 5.32 Å². The molecule has 3 nitrogen and oxygen atoms in total. The van der Waals surface area contributed by atoms with Crippen molar-refractivity contribution in [1.82, 2.24) is 10.2 Å². The third-order valence-corrected chi connectivity index (χ3v) is 3.58. The number of piperidine rings is 1. The van der Waals surface area contributed by atoms with Crippen LogP contribution in [0.1, 0.15) is 28.8 Å². The van der Waals surface area contributed by atoms with E-state index in [1.54, 1.807) is 4.90 Å². The van der Waals surface area contributed by atoms with Gasteiger partial charge in [-0.05, 0) is 44.2 Å². The first-order valence-corrected chi connectivity index (χ1v) is 6.55. The lowest BCUT2D eigenvalue weighted by Crippen LogP contribution is -2.46. The molecule has 21 heavy (non-hydrogen) atoms. The fourth-order valence-electron chi connectivity index (χ4n) is 2.38. The Morgan fingerprint density at radius 1 is 1.29 bits per heavy atom. The summed E-state index contributed by atoms with van der Waals surface area (Å²) in [5, 5.41) is 3.13. The number of likely N-dealkylation sites (N-methyl/N-ethyl adjacent to an activating group) is 1. The molecule has 0 spiro atoms. The van der Waals surface area contributed by atoms with Crippen LogP contribution >= 0.6 is 12.4 Å². The minimum atomic E-state index is -4.37. The Bertz CT molecular complexity index is 476. The number of nitrogens with zero attached hydrogens (tertiary/aromatic N) is 1. The highest BCUT2D eigenvalue weighted by atomic mass is 35.5. The average Bonchev–Trinajstić information content (AvgIpc) is 2.46. The minimum absolute atomic E-state index is 0. The van der Waals surface area contributed by atoms with Gasteiger partial charge in [0.1, 0.15) is 0 Å². The highest BCUT2D eigenvalue weighted by Gasteiger charge is 2.30. The minimum Gasteiger partial charge on any atom is -0.337 e. The number of hydrogen-bond donors (Lipinski definition) is 1. The molecule has 0 aromatic heterocycles. The molecule has 118 valence electrons. The van der Waals surface area contributed by atoms with Crippen LogP contribution in [0.5, 0.6) is 0 Å². The van der Waals surface area contributed by atoms with Crippen LogP contribution in [-0.2, 0) is 6.18 Å². The second kappa shape index (κ2) is 7.13. The molecule has 0 radical (unpaired) electrons. The highest BCUT2D eigenvalue weighted by molar-refractivity contribution is 5.94. The van der Waals surface area contributed by atoms with Crippen LogP contribution in [-0.4, -0.2) is 37.0 Å². The Labute approximate surface area is 127 Å². The molecule has 1 fully saturated rings. The van der Waals surface area contributed by atoms with E-state index in [-0.39, 0.29) is 24.4 Å². The molecule has 0 aliphatic carbocycles. The van der Waals surface area contributed by atoms with Gasteiger partial charge in [-0.15, -0.1) is 12.4 Å². The summed E-state index contributed by atoms with van der Waals surface area (Å²) in [6.07, 6.45) is -2.46. The van der Waals surface area contributed by atoms with Gasteiger partial charge in [0.2, 0.25) is 0 Å². The number of carbonyl (C=O) groups is 1. The van der Waals surface area contributed by atoms with Crippen molar-refractivity contribution in [2.75, 3.05) is 20.1 Å². The van der Waals surface area contributed by atoms with Gasteiger partial charge < -0.3 is 10.2 Å². The van der Waals surface area contributed by atoms with E-state index >= 15 is 0 Å². The molecule has 1 amide bonds. The van der Waals surface area contributed by atoms with Gasteiger partial charge in [0, 0.05) is 24.7 Å². The first-order chi connectivity index (χ1) is 9.41. The third-order valence-electron chi connectivity index (χ3n) is 3.58. The number of amides is 1. The molecule has 0 saturated carbocycles. The van der Waals surface area contributed by atoms with Gasteiger partial charge in [-0.1, -0.05) is 0 Å². The van der Waals surface area contributed by atoms with Crippen molar-refractivity contribution in [1.29, 1.82) is 0 Å². The maximum Gasteiger partial charge on any atom is 0.416 e. The molecule has 1 aliphatic heterocycles. The van der Waals surface area contributed by atoms with Gasteiger partial charge in [0.15, 0.2) is 0 Å². The van der Waals surface area contributed by atoms with E-state index in [0.29, 0.717) is 18.7 Å². The zero-order valence-electron chi connectivity index (χ0n) is 11.6. The average molecular weight is 323 g/mol. The van der Waals surface area contributed by atoms with Crippen LogP contribution in [0, 0.1) is 0 Å². The van der Waals surface area contributed by atoms with Crippen molar-refractivity contribution < 1.29 is 18.0 Å². The second-order valence-electron chi connectivity index (χ2n) is 4.95. The number of benzene rings is 1. The number of carbonyl (C=O) groups excluding carboxylic acids is 1. The molecular weight excluding hydrogens is 305 g/mol. The van der Waals surface area contributed by atoms with Crippen molar-refractivity contribution in [2.24, 2.45) is 0 Å². The van der Waals surface area contributed by atoms with Crippen molar-refractivity contribution >= 4 is 18.3 Å². The summed E-state index contributed by atoms with van der Waals surface area (Å²) < 4.78 is 37.4. The molecule has 1 saturated heterocycles. The second-order valence-corrected chi connectivity index (χ2v) is 4.95. The maximum absolute atomic E-state index is 12.5. The maximum atomic E-state index is 12.5. The fraction of sp³-hybridized carbons (Fsp3) is 0.500. The number of hydrogen-bond acceptors (Lipinski definition) is 2. The smallest absolute Gasteiger partial charge is 0.337 e. The normalized spacial score (nSPS) is 19.0. The number of nitrogens with one attached hydrogen (secondary N) is 1. The summed E-state index contributed by atoms with van der Waals surface area (Å²) in [6, 6.07) is 4.64. The molecule has 0 unspecified atom stereocenters. The molecule has 1 atom stereocenters. The zero-order valence-corrected chi connectivity index (χ0v) is 12.4. The lowest BCUT2D eigenvalue weighted by molar-refractivity contribution is -0.137. The van der Waals surface area contributed by atoms with Gasteiger partial charge in [-0.2, -0.15) is 13.2 Å². The predicted molar refractivity (Wildman–Crippen MR) is 76.7 cm³/mol. The highest BCUT2D eigenvalue weighted by Crippen LogP contribution is 2.29. The van der Waals surface area contributed by atoms with Gasteiger partial charge in [0.05, 0.1) is 5.56 Å². The van der Waals surface area contributed by atoms with Gasteiger partial charge in [-0.3, -0.25) is 4.79 Å². The fourth-order valence-corrected chi connectivity index (χ4v) is 2.38. The lowest BCUT2D eigenvalue weighted by Gasteiger charge is -2.32. The molecule has 1 N–H and O–H groups in total. The van der Waals surface area contributed by atoms with Crippen LogP contribution in [0.15, 0.2) is 24.3 Å². The quantitative estimate of drug-likeness (QED) is 0.908. The van der Waals surface area contributed by atoms with Gasteiger partial charge in [0.25, 0.3) is 5.91 Å². The molecule has 0 bridgehead atoms. The summed E-state index contributed by atoms with van der Waals surface area (Å²) in [5.41, 5.74) is -0.435. The van der Waals surface area contributed by atoms with Crippen LogP contribution in [0.2, 0.25) is 0 Å². The predicted octanol–water partition coefficient (Wildman–Crippen LogP) is 2.95. The first kappa shape index (κ1) is 17.8. The number of alkyl halides is 3. The molecule has 7 heteroatoms. The Hall–Kier alpha value is -1.27. The van der Waals surface area contributed by atoms with E-state index in [1.807, 2.05) is 7.05 Å². The van der Waals surface area contributed by atoms with Crippen molar-refractivity contribution in [3.63, 3.8) is 0 Å². The van der Waals surface area contributed by atoms with Crippen molar-refractivity contribution in [3.05, 3.63) is 35.4 Å². The SMILES string of the molecule is CN[C@@H]1CCCN(C(=O)c2ccc(C(F)(F)F)cc2)C1.Cl. The van der Waals surface area contributed by atoms with Gasteiger partial charge in [-0.25, -0.2) is 0 Å². The van der Waals surface area contributed by atoms with Gasteiger partial charge >= 0.3 is 6.18 Å². The van der Waals surface area contributed by atoms with E-state index in [0.717, 1.165) is 25.0 Å². The van der Waals surface area contributed by atoms with Crippen molar-refractivity contribution in [2.45, 2.75) is 25.1 Å². The molecule has 1 aromatic rings. The number of halogens is 4. The topological polar surface area (TPSA) is 32.3 Å². The van der Waals surface area contributed by atoms with Crippen molar-refractivity contribution in [3.8, 4) is 0 Å². The summed E-state index contributed by atoms with van der Waals surface area (Å²) in [4.78, 5) is 13.9. The van der Waals surface area contributed by atoms with E-state index < -0.39 is 11.7 Å². The molecule has 1 aliphatic rings. The first-order valence-electron chi connectivity index (χ1n) is 6.55. The Morgan fingerprint density at radius 3 is 2.43 bits per heavy atom. The molecule has 1 heterocycles. The largest absolute Gasteiger partial charge is 0.416 e. The summed E-state index contributed by atoms with van der Waals surface area (Å²) >= 11 is 0. The lowest BCUT2D eigenvalue weighted by atomic mass is 10.0. The summed E-state index contributed by atoms with van der Waals surface area (Å²) in [5.74, 6) is -0.210. The van der Waals surface area contributed by atoms with E-state index in [9.17, 15) is 18.0 Å². The van der Waals surface area contributed by atoms with E-state index in [4.69, 9.17) is 0 Å². The molecule has 2 rings (SSSR count). The summed E-state index contributed by atoms with van der Waals surface area (Å²) in [6.45, 7) is 1.24. The third kappa shape index (κ3) is 4.35. The zero-order chi connectivity index (χ0) is 14.8. The summed E-state index contributed by atoms with van der Waals surface area (Å²) in [7, 11) is 1.84. The molecule has 1 aromatic carbocycles. The van der Waals surface area contributed by atoms with Crippen LogP contribution in [0.3, 0.4) is 0 Å². The van der Waals surface area contributed by atoms with E-state index in [2.05, 4.69) is 5.32 Å².